The van der Waals surface area contributed by atoms with Gasteiger partial charge < -0.3 is 0 Å². The van der Waals surface area contributed by atoms with Gasteiger partial charge >= 0.3 is 0 Å². The van der Waals surface area contributed by atoms with E-state index in [4.69, 9.17) is 5.26 Å². The van der Waals surface area contributed by atoms with Crippen molar-refractivity contribution in [2.24, 2.45) is 0 Å². The number of nitrogens with zero attached hydrogens (tertiary/aromatic N) is 1. The molecule has 3 aromatic carbocycles. The minimum Gasteiger partial charge on any atom is -0.198 e. The standard InChI is InChI=1S/C24H23N/c25-20-12-4-11-19-24(21-13-5-1-6-14-21,22-15-7-2-8-16-22)23-17-9-3-10-18-23/h1-3,5-10,13-18H,4,11-12,19H2. The maximum absolute atomic E-state index is 8.90. The summed E-state index contributed by atoms with van der Waals surface area (Å²) in [7, 11) is 0. The monoisotopic (exact) mass is 325 g/mol. The van der Waals surface area contributed by atoms with Crippen molar-refractivity contribution < 1.29 is 0 Å². The van der Waals surface area contributed by atoms with Crippen molar-refractivity contribution in [2.75, 3.05) is 0 Å². The number of hydrogen-bond acceptors (Lipinski definition) is 1. The molecule has 0 aliphatic rings. The summed E-state index contributed by atoms with van der Waals surface area (Å²) in [6.07, 6.45) is 3.57. The van der Waals surface area contributed by atoms with Crippen LogP contribution in [-0.2, 0) is 5.41 Å². The molecule has 0 aliphatic carbocycles. The molecule has 0 saturated heterocycles. The van der Waals surface area contributed by atoms with Gasteiger partial charge in [0.15, 0.2) is 0 Å². The zero-order chi connectivity index (χ0) is 17.4. The molecule has 3 aromatic rings. The first-order valence-electron chi connectivity index (χ1n) is 8.91. The Kier molecular flexibility index (Phi) is 5.65. The van der Waals surface area contributed by atoms with Gasteiger partial charge in [0.25, 0.3) is 0 Å². The lowest BCUT2D eigenvalue weighted by molar-refractivity contribution is 0.521. The van der Waals surface area contributed by atoms with Crippen LogP contribution in [0.4, 0.5) is 0 Å². The molecule has 0 spiro atoms. The van der Waals surface area contributed by atoms with E-state index in [1.165, 1.54) is 16.7 Å². The van der Waals surface area contributed by atoms with Gasteiger partial charge in [-0.25, -0.2) is 0 Å². The highest BCUT2D eigenvalue weighted by Gasteiger charge is 2.35. The predicted molar refractivity (Wildman–Crippen MR) is 103 cm³/mol. The number of hydrogen-bond donors (Lipinski definition) is 0. The Hall–Kier alpha value is -2.85. The van der Waals surface area contributed by atoms with Crippen molar-refractivity contribution >= 4 is 0 Å². The molecule has 0 saturated carbocycles. The molecule has 124 valence electrons. The third-order valence-electron chi connectivity index (χ3n) is 4.89. The fraction of sp³-hybridized carbons (Fsp3) is 0.208. The molecule has 0 atom stereocenters. The van der Waals surface area contributed by atoms with Crippen LogP contribution in [0.3, 0.4) is 0 Å². The molecular formula is C24H23N. The average Bonchev–Trinajstić information content (AvgIpc) is 2.70. The molecule has 0 radical (unpaired) electrons. The van der Waals surface area contributed by atoms with E-state index >= 15 is 0 Å². The van der Waals surface area contributed by atoms with E-state index in [1.54, 1.807) is 0 Å². The Morgan fingerprint density at radius 1 is 0.600 bits per heavy atom. The fourth-order valence-electron chi connectivity index (χ4n) is 3.70. The molecule has 3 rings (SSSR count). The van der Waals surface area contributed by atoms with Crippen molar-refractivity contribution in [3.63, 3.8) is 0 Å². The van der Waals surface area contributed by atoms with Crippen LogP contribution in [0.15, 0.2) is 91.0 Å². The van der Waals surface area contributed by atoms with Crippen LogP contribution < -0.4 is 0 Å². The third-order valence-corrected chi connectivity index (χ3v) is 4.89. The summed E-state index contributed by atoms with van der Waals surface area (Å²) in [5.41, 5.74) is 3.75. The van der Waals surface area contributed by atoms with E-state index in [9.17, 15) is 0 Å². The fourth-order valence-corrected chi connectivity index (χ4v) is 3.70. The first kappa shape index (κ1) is 17.0. The Balaban J connectivity index is 2.15. The predicted octanol–water partition coefficient (Wildman–Crippen LogP) is 6.10. The summed E-state index contributed by atoms with van der Waals surface area (Å²) in [6.45, 7) is 0. The summed E-state index contributed by atoms with van der Waals surface area (Å²) < 4.78 is 0. The lowest BCUT2D eigenvalue weighted by atomic mass is 9.66. The van der Waals surface area contributed by atoms with Crippen molar-refractivity contribution in [3.8, 4) is 6.07 Å². The summed E-state index contributed by atoms with van der Waals surface area (Å²) >= 11 is 0. The molecule has 0 fully saturated rings. The van der Waals surface area contributed by atoms with Gasteiger partial charge in [0, 0.05) is 11.8 Å². The van der Waals surface area contributed by atoms with Crippen LogP contribution in [0, 0.1) is 11.3 Å². The topological polar surface area (TPSA) is 23.8 Å². The average molecular weight is 325 g/mol. The maximum atomic E-state index is 8.90. The number of benzene rings is 3. The summed E-state index contributed by atoms with van der Waals surface area (Å²) in [5, 5.41) is 8.90. The molecule has 1 heteroatoms. The second-order valence-electron chi connectivity index (χ2n) is 6.37. The van der Waals surface area contributed by atoms with Crippen LogP contribution >= 0.6 is 0 Å². The summed E-state index contributed by atoms with van der Waals surface area (Å²) in [5.74, 6) is 0. The third kappa shape index (κ3) is 3.64. The number of rotatable bonds is 7. The minimum absolute atomic E-state index is 0.181. The Morgan fingerprint density at radius 2 is 1.00 bits per heavy atom. The van der Waals surface area contributed by atoms with E-state index in [1.807, 2.05) is 0 Å². The van der Waals surface area contributed by atoms with Gasteiger partial charge in [-0.1, -0.05) is 97.4 Å². The maximum Gasteiger partial charge on any atom is 0.0621 e. The Morgan fingerprint density at radius 3 is 1.36 bits per heavy atom. The molecule has 0 unspecified atom stereocenters. The van der Waals surface area contributed by atoms with Gasteiger partial charge in [-0.2, -0.15) is 5.26 Å². The van der Waals surface area contributed by atoms with Gasteiger partial charge in [0.05, 0.1) is 6.07 Å². The minimum atomic E-state index is -0.181. The van der Waals surface area contributed by atoms with Gasteiger partial charge in [-0.05, 0) is 29.5 Å². The molecule has 1 nitrogen and oxygen atoms in total. The summed E-state index contributed by atoms with van der Waals surface area (Å²) in [4.78, 5) is 0. The van der Waals surface area contributed by atoms with E-state index in [2.05, 4.69) is 97.1 Å². The van der Waals surface area contributed by atoms with Gasteiger partial charge in [-0.3, -0.25) is 0 Å². The van der Waals surface area contributed by atoms with Crippen LogP contribution in [0.2, 0.25) is 0 Å². The van der Waals surface area contributed by atoms with Gasteiger partial charge in [0.2, 0.25) is 0 Å². The lowest BCUT2D eigenvalue weighted by Gasteiger charge is -2.36. The normalized spacial score (nSPS) is 11.0. The first-order chi connectivity index (χ1) is 12.4. The SMILES string of the molecule is N#CCCCCC(c1ccccc1)(c1ccccc1)c1ccccc1. The van der Waals surface area contributed by atoms with Crippen molar-refractivity contribution in [2.45, 2.75) is 31.1 Å². The second-order valence-corrected chi connectivity index (χ2v) is 6.37. The zero-order valence-corrected chi connectivity index (χ0v) is 14.4. The van der Waals surface area contributed by atoms with Crippen LogP contribution in [0.1, 0.15) is 42.4 Å². The van der Waals surface area contributed by atoms with Crippen molar-refractivity contribution in [1.82, 2.24) is 0 Å². The number of unbranched alkanes of at least 4 members (excludes halogenated alkanes) is 2. The van der Waals surface area contributed by atoms with Crippen molar-refractivity contribution in [1.29, 1.82) is 5.26 Å². The molecule has 0 amide bonds. The molecule has 25 heavy (non-hydrogen) atoms. The molecule has 0 bridgehead atoms. The first-order valence-corrected chi connectivity index (χ1v) is 8.91. The van der Waals surface area contributed by atoms with Crippen LogP contribution in [0.25, 0.3) is 0 Å². The highest BCUT2D eigenvalue weighted by molar-refractivity contribution is 5.50. The molecule has 0 heterocycles. The Bertz CT molecular complexity index is 704. The molecule has 0 N–H and O–H groups in total. The van der Waals surface area contributed by atoms with Gasteiger partial charge in [-0.15, -0.1) is 0 Å². The van der Waals surface area contributed by atoms with E-state index < -0.39 is 0 Å². The van der Waals surface area contributed by atoms with E-state index in [0.29, 0.717) is 6.42 Å². The van der Waals surface area contributed by atoms with E-state index in [-0.39, 0.29) is 5.41 Å². The van der Waals surface area contributed by atoms with Crippen LogP contribution in [0.5, 0.6) is 0 Å². The largest absolute Gasteiger partial charge is 0.198 e. The smallest absolute Gasteiger partial charge is 0.0621 e. The molecule has 0 aliphatic heterocycles. The summed E-state index contributed by atoms with van der Waals surface area (Å²) in [6, 6.07) is 34.5. The Labute approximate surface area is 150 Å². The lowest BCUT2D eigenvalue weighted by Crippen LogP contribution is -2.29. The number of nitriles is 1. The van der Waals surface area contributed by atoms with Crippen LogP contribution in [-0.4, -0.2) is 0 Å². The molecular weight excluding hydrogens is 302 g/mol. The van der Waals surface area contributed by atoms with Gasteiger partial charge in [0.1, 0.15) is 0 Å². The quantitative estimate of drug-likeness (QED) is 0.380. The highest BCUT2D eigenvalue weighted by Crippen LogP contribution is 2.43. The zero-order valence-electron chi connectivity index (χ0n) is 14.4. The second kappa shape index (κ2) is 8.31. The van der Waals surface area contributed by atoms with E-state index in [0.717, 1.165) is 19.3 Å². The van der Waals surface area contributed by atoms with Crippen molar-refractivity contribution in [3.05, 3.63) is 108 Å². The highest BCUT2D eigenvalue weighted by atomic mass is 14.4. The molecule has 0 aromatic heterocycles.